The lowest BCUT2D eigenvalue weighted by atomic mass is 10.2. The molecule has 0 saturated heterocycles. The predicted molar refractivity (Wildman–Crippen MR) is 80.1 cm³/mol. The van der Waals surface area contributed by atoms with Crippen molar-refractivity contribution in [2.45, 2.75) is 26.4 Å². The normalized spacial score (nSPS) is 11.3. The molecule has 0 atom stereocenters. The lowest BCUT2D eigenvalue weighted by Crippen LogP contribution is -2.27. The smallest absolute Gasteiger partial charge is 0.505 e. The molecule has 0 aliphatic rings. The Hall–Kier alpha value is -2.15. The van der Waals surface area contributed by atoms with Crippen molar-refractivity contribution in [2.24, 2.45) is 0 Å². The highest BCUT2D eigenvalue weighted by molar-refractivity contribution is 6.17. The molecule has 1 N–H and O–H groups in total. The first-order chi connectivity index (χ1) is 9.85. The number of nitrogens with zero attached hydrogens (tertiary/aromatic N) is 1. The molecule has 0 aliphatic heterocycles. The number of methoxy groups -OCH3 is 1. The van der Waals surface area contributed by atoms with Crippen LogP contribution < -0.4 is 9.39 Å². The van der Waals surface area contributed by atoms with Crippen LogP contribution in [-0.4, -0.2) is 36.1 Å². The summed E-state index contributed by atoms with van der Waals surface area (Å²) in [5.74, 6) is 0.884. The van der Waals surface area contributed by atoms with E-state index >= 15 is 0 Å². The van der Waals surface area contributed by atoms with Crippen molar-refractivity contribution in [1.29, 1.82) is 0 Å². The first-order valence-electron chi connectivity index (χ1n) is 6.52. The Labute approximate surface area is 123 Å². The molecule has 2 aromatic rings. The van der Waals surface area contributed by atoms with Gasteiger partial charge in [-0.25, -0.2) is 9.36 Å². The van der Waals surface area contributed by atoms with Gasteiger partial charge in [-0.05, 0) is 39.0 Å². The summed E-state index contributed by atoms with van der Waals surface area (Å²) >= 11 is 0. The van der Waals surface area contributed by atoms with Crippen molar-refractivity contribution in [3.63, 3.8) is 0 Å². The molecular weight excluding hydrogens is 273 g/mol. The molecule has 1 aromatic heterocycles. The fourth-order valence-electron chi connectivity index (χ4n) is 1.96. The highest BCUT2D eigenvalue weighted by Gasteiger charge is 2.23. The molecule has 6 nitrogen and oxygen atoms in total. The zero-order valence-corrected chi connectivity index (χ0v) is 12.5. The number of aromatic nitrogens is 1. The zero-order valence-electron chi connectivity index (χ0n) is 12.5. The standard InChI is InChI=1S/C14H18BNO5/c1-14(2,3)20-13(17)16-11-6-5-10(19-4)7-9(11)8-12(16)21-15-18/h5-8,15,18H,1-4H3. The van der Waals surface area contributed by atoms with Crippen LogP contribution in [0.4, 0.5) is 4.79 Å². The summed E-state index contributed by atoms with van der Waals surface area (Å²) in [6.07, 6.45) is -0.564. The van der Waals surface area contributed by atoms with E-state index in [4.69, 9.17) is 19.2 Å². The van der Waals surface area contributed by atoms with Gasteiger partial charge in [0.05, 0.1) is 12.6 Å². The van der Waals surface area contributed by atoms with Gasteiger partial charge in [-0.1, -0.05) is 0 Å². The van der Waals surface area contributed by atoms with E-state index in [2.05, 4.69) is 0 Å². The number of carbonyl (C=O) groups is 1. The lowest BCUT2D eigenvalue weighted by Gasteiger charge is -2.20. The number of carbonyl (C=O) groups excluding carboxylic acids is 1. The molecule has 0 radical (unpaired) electrons. The van der Waals surface area contributed by atoms with Crippen LogP contribution in [0.2, 0.25) is 0 Å². The molecule has 0 bridgehead atoms. The minimum absolute atomic E-state index is 0.218. The predicted octanol–water partition coefficient (Wildman–Crippen LogP) is 2.07. The molecule has 1 aromatic carbocycles. The lowest BCUT2D eigenvalue weighted by molar-refractivity contribution is 0.0537. The highest BCUT2D eigenvalue weighted by Crippen LogP contribution is 2.29. The first-order valence-corrected chi connectivity index (χ1v) is 6.52. The number of hydrogen-bond donors (Lipinski definition) is 1. The summed E-state index contributed by atoms with van der Waals surface area (Å²) in [5.41, 5.74) is -0.00936. The van der Waals surface area contributed by atoms with Crippen LogP contribution in [-0.2, 0) is 4.74 Å². The van der Waals surface area contributed by atoms with Crippen LogP contribution in [0.3, 0.4) is 0 Å². The molecule has 112 valence electrons. The maximum atomic E-state index is 12.3. The Morgan fingerprint density at radius 3 is 2.57 bits per heavy atom. The summed E-state index contributed by atoms with van der Waals surface area (Å²) in [6.45, 7) is 5.35. The van der Waals surface area contributed by atoms with Crippen LogP contribution in [0, 0.1) is 0 Å². The number of fused-ring (bicyclic) bond motifs is 1. The molecule has 0 saturated carbocycles. The molecule has 0 spiro atoms. The van der Waals surface area contributed by atoms with E-state index in [1.54, 1.807) is 52.1 Å². The molecule has 21 heavy (non-hydrogen) atoms. The minimum atomic E-state index is -0.628. The van der Waals surface area contributed by atoms with Crippen LogP contribution in [0.25, 0.3) is 10.9 Å². The van der Waals surface area contributed by atoms with Gasteiger partial charge in [-0.2, -0.15) is 0 Å². The van der Waals surface area contributed by atoms with E-state index in [1.165, 1.54) is 4.57 Å². The minimum Gasteiger partial charge on any atom is -0.526 e. The summed E-state index contributed by atoms with van der Waals surface area (Å²) in [5, 5.41) is 9.73. The highest BCUT2D eigenvalue weighted by atomic mass is 16.6. The van der Waals surface area contributed by atoms with E-state index in [0.29, 0.717) is 11.3 Å². The van der Waals surface area contributed by atoms with Crippen LogP contribution in [0.1, 0.15) is 20.8 Å². The topological polar surface area (TPSA) is 69.9 Å². The Kier molecular flexibility index (Phi) is 4.13. The molecular formula is C14H18BNO5. The number of rotatable bonds is 3. The third kappa shape index (κ3) is 3.30. The van der Waals surface area contributed by atoms with E-state index in [9.17, 15) is 4.79 Å². The van der Waals surface area contributed by atoms with Gasteiger partial charge in [-0.3, -0.25) is 0 Å². The van der Waals surface area contributed by atoms with Crippen molar-refractivity contribution < 1.29 is 23.9 Å². The van der Waals surface area contributed by atoms with Crippen molar-refractivity contribution in [2.75, 3.05) is 7.11 Å². The average molecular weight is 291 g/mol. The molecule has 2 rings (SSSR count). The second kappa shape index (κ2) is 5.69. The maximum Gasteiger partial charge on any atom is 0.505 e. The number of ether oxygens (including phenoxy) is 2. The molecule has 0 amide bonds. The second-order valence-corrected chi connectivity index (χ2v) is 5.50. The third-order valence-electron chi connectivity index (χ3n) is 2.76. The van der Waals surface area contributed by atoms with E-state index in [0.717, 1.165) is 5.39 Å². The quantitative estimate of drug-likeness (QED) is 0.877. The van der Waals surface area contributed by atoms with Gasteiger partial charge in [0.15, 0.2) is 5.88 Å². The van der Waals surface area contributed by atoms with Gasteiger partial charge in [0.2, 0.25) is 0 Å². The molecule has 7 heteroatoms. The largest absolute Gasteiger partial charge is 0.526 e. The first kappa shape index (κ1) is 15.2. The van der Waals surface area contributed by atoms with Gasteiger partial charge in [-0.15, -0.1) is 0 Å². The van der Waals surface area contributed by atoms with Crippen molar-refractivity contribution in [1.82, 2.24) is 4.57 Å². The molecule has 0 unspecified atom stereocenters. The monoisotopic (exact) mass is 291 g/mol. The summed E-state index contributed by atoms with van der Waals surface area (Å²) in [6, 6.07) is 6.91. The van der Waals surface area contributed by atoms with Crippen molar-refractivity contribution in [3.8, 4) is 11.6 Å². The maximum absolute atomic E-state index is 12.3. The van der Waals surface area contributed by atoms with Gasteiger partial charge < -0.3 is 19.2 Å². The average Bonchev–Trinajstić information content (AvgIpc) is 2.73. The Morgan fingerprint density at radius 2 is 2.00 bits per heavy atom. The summed E-state index contributed by atoms with van der Waals surface area (Å²) in [4.78, 5) is 12.3. The summed E-state index contributed by atoms with van der Waals surface area (Å²) in [7, 11) is 1.04. The van der Waals surface area contributed by atoms with E-state index < -0.39 is 19.4 Å². The number of benzene rings is 1. The van der Waals surface area contributed by atoms with Gasteiger partial charge in [0.25, 0.3) is 0 Å². The fraction of sp³-hybridized carbons (Fsp3) is 0.357. The molecule has 0 aliphatic carbocycles. The van der Waals surface area contributed by atoms with Crippen molar-refractivity contribution in [3.05, 3.63) is 24.3 Å². The second-order valence-electron chi connectivity index (χ2n) is 5.50. The number of hydrogen-bond acceptors (Lipinski definition) is 5. The van der Waals surface area contributed by atoms with Gasteiger partial charge in [0, 0.05) is 11.5 Å². The SMILES string of the molecule is COc1ccc2c(c1)cc(OBO)n2C(=O)OC(C)(C)C. The third-order valence-corrected chi connectivity index (χ3v) is 2.76. The Bertz CT molecular complexity index is 659. The summed E-state index contributed by atoms with van der Waals surface area (Å²) < 4.78 is 16.9. The zero-order chi connectivity index (χ0) is 15.6. The van der Waals surface area contributed by atoms with Gasteiger partial charge in [0.1, 0.15) is 11.4 Å². The van der Waals surface area contributed by atoms with Crippen LogP contribution >= 0.6 is 0 Å². The Morgan fingerprint density at radius 1 is 1.29 bits per heavy atom. The van der Waals surface area contributed by atoms with Crippen molar-refractivity contribution >= 4 is 24.7 Å². The van der Waals surface area contributed by atoms with Crippen LogP contribution in [0.15, 0.2) is 24.3 Å². The fourth-order valence-corrected chi connectivity index (χ4v) is 1.96. The van der Waals surface area contributed by atoms with Gasteiger partial charge >= 0.3 is 13.8 Å². The van der Waals surface area contributed by atoms with E-state index in [-0.39, 0.29) is 5.88 Å². The van der Waals surface area contributed by atoms with Crippen LogP contribution in [0.5, 0.6) is 11.6 Å². The Balaban J connectivity index is 2.53. The van der Waals surface area contributed by atoms with E-state index in [1.807, 2.05) is 0 Å². The molecule has 1 heterocycles. The molecule has 0 fully saturated rings.